The molecule has 4 saturated carbocycles. The third kappa shape index (κ3) is 4.88. The number of hydrogen-bond donors (Lipinski definition) is 1. The molecule has 6 aliphatic rings. The number of esters is 1. The zero-order chi connectivity index (χ0) is 26.7. The quantitative estimate of drug-likeness (QED) is 0.291. The van der Waals surface area contributed by atoms with Gasteiger partial charge in [-0.25, -0.2) is 0 Å². The Morgan fingerprint density at radius 1 is 1.10 bits per heavy atom. The number of hydrogen-bond acceptors (Lipinski definition) is 5. The number of quaternary nitrogens is 1. The molecule has 222 valence electrons. The predicted octanol–water partition coefficient (Wildman–Crippen LogP) is 1.41. The first kappa shape index (κ1) is 30.0. The van der Waals surface area contributed by atoms with Crippen molar-refractivity contribution in [3.8, 4) is 0 Å². The van der Waals surface area contributed by atoms with E-state index in [0.29, 0.717) is 29.7 Å². The normalized spacial score (nSPS) is 47.3. The number of rotatable bonds is 5. The molecule has 0 aromatic carbocycles. The third-order valence-electron chi connectivity index (χ3n) is 13.1. The van der Waals surface area contributed by atoms with Gasteiger partial charge in [0.15, 0.2) is 6.10 Å². The molecule has 4 aliphatic carbocycles. The maximum atomic E-state index is 12.5. The van der Waals surface area contributed by atoms with Crippen molar-refractivity contribution in [1.82, 2.24) is 4.90 Å². The summed E-state index contributed by atoms with van der Waals surface area (Å²) in [7, 11) is 0. The number of nitrogens with zero attached hydrogens (tertiary/aromatic N) is 2. The summed E-state index contributed by atoms with van der Waals surface area (Å²) >= 11 is 0. The molecule has 2 aliphatic heterocycles. The molecule has 7 heteroatoms. The Morgan fingerprint density at radius 3 is 2.49 bits per heavy atom. The van der Waals surface area contributed by atoms with Crippen LogP contribution in [0.25, 0.3) is 0 Å². The Balaban J connectivity index is 0.00000308. The molecule has 0 unspecified atom stereocenters. The molecule has 0 spiro atoms. The summed E-state index contributed by atoms with van der Waals surface area (Å²) in [5.41, 5.74) is 0.343. The first-order valence-corrected chi connectivity index (χ1v) is 15.9. The van der Waals surface area contributed by atoms with Crippen LogP contribution in [-0.2, 0) is 14.3 Å². The highest BCUT2D eigenvalue weighted by Gasteiger charge is 2.67. The van der Waals surface area contributed by atoms with Crippen LogP contribution in [0, 0.1) is 34.5 Å². The average molecular weight is 610 g/mol. The number of aliphatic hydroxyl groups is 1. The highest BCUT2D eigenvalue weighted by atomic mass is 79.9. The van der Waals surface area contributed by atoms with Gasteiger partial charge in [0.1, 0.15) is 6.04 Å². The molecule has 6 nitrogen and oxygen atoms in total. The molecule has 1 N–H and O–H groups in total. The van der Waals surface area contributed by atoms with Crippen molar-refractivity contribution in [2.45, 2.75) is 103 Å². The van der Waals surface area contributed by atoms with Gasteiger partial charge in [-0.05, 0) is 73.7 Å². The number of aliphatic hydroxyl groups excluding tert-OH is 1. The van der Waals surface area contributed by atoms with Crippen molar-refractivity contribution in [3.63, 3.8) is 0 Å². The second-order valence-electron chi connectivity index (χ2n) is 14.6. The van der Waals surface area contributed by atoms with E-state index in [0.717, 1.165) is 56.6 Å². The van der Waals surface area contributed by atoms with Gasteiger partial charge < -0.3 is 36.0 Å². The first-order chi connectivity index (χ1) is 18.2. The molecule has 2 heterocycles. The van der Waals surface area contributed by atoms with Gasteiger partial charge in [-0.15, -0.1) is 0 Å². The Hall–Kier alpha value is -0.470. The standard InChI is InChI=1S/C32H53N2O4.BrH/c1-5-14-34(15-6-7-16-34)28-20-26-24-9-8-23-19-29(36)27(33-12-17-37-18-13-33)21-32(23,4)25(24)10-11-31(26,3)30(28)38-22(2)35;/h5,23-30,36H,1,6-21H2,2-4H3;1H/q+1;/p-1/t23-,24+,25-,26-,27-,28-,29-,30+,31-,32-;/m0./s1. The van der Waals surface area contributed by atoms with E-state index < -0.39 is 0 Å². The molecule has 39 heavy (non-hydrogen) atoms. The summed E-state index contributed by atoms with van der Waals surface area (Å²) in [6, 6.07) is 0.663. The van der Waals surface area contributed by atoms with E-state index in [9.17, 15) is 9.90 Å². The van der Waals surface area contributed by atoms with Gasteiger partial charge in [-0.3, -0.25) is 9.69 Å². The van der Waals surface area contributed by atoms with Crippen LogP contribution in [0.2, 0.25) is 0 Å². The van der Waals surface area contributed by atoms with Crippen LogP contribution in [0.3, 0.4) is 0 Å². The largest absolute Gasteiger partial charge is 1.00 e. The molecule has 0 bridgehead atoms. The Bertz CT molecular complexity index is 905. The zero-order valence-corrected chi connectivity index (χ0v) is 26.2. The van der Waals surface area contributed by atoms with Gasteiger partial charge in [-0.1, -0.05) is 20.4 Å². The van der Waals surface area contributed by atoms with Gasteiger partial charge in [0.25, 0.3) is 0 Å². The van der Waals surface area contributed by atoms with Crippen molar-refractivity contribution in [3.05, 3.63) is 12.7 Å². The average Bonchev–Trinajstić information content (AvgIpc) is 3.48. The molecule has 6 rings (SSSR count). The van der Waals surface area contributed by atoms with Gasteiger partial charge >= 0.3 is 5.97 Å². The summed E-state index contributed by atoms with van der Waals surface area (Å²) in [5.74, 6) is 2.54. The number of likely N-dealkylation sites (tertiary alicyclic amines) is 1. The van der Waals surface area contributed by atoms with E-state index in [1.54, 1.807) is 6.92 Å². The molecule has 2 saturated heterocycles. The minimum absolute atomic E-state index is 0. The molecule has 0 radical (unpaired) electrons. The molecule has 10 atom stereocenters. The topological polar surface area (TPSA) is 59.0 Å². The number of carbonyl (C=O) groups is 1. The van der Waals surface area contributed by atoms with Crippen molar-refractivity contribution >= 4 is 5.97 Å². The van der Waals surface area contributed by atoms with E-state index in [2.05, 4.69) is 31.4 Å². The van der Waals surface area contributed by atoms with Crippen molar-refractivity contribution < 1.29 is 40.8 Å². The molecule has 0 aromatic heterocycles. The predicted molar refractivity (Wildman–Crippen MR) is 148 cm³/mol. The summed E-state index contributed by atoms with van der Waals surface area (Å²) in [5, 5.41) is 11.3. The lowest BCUT2D eigenvalue weighted by Crippen LogP contribution is -3.00. The number of morpholine rings is 1. The molecule has 0 aromatic rings. The van der Waals surface area contributed by atoms with E-state index in [1.165, 1.54) is 51.6 Å². The fourth-order valence-corrected chi connectivity index (χ4v) is 11.3. The van der Waals surface area contributed by atoms with Crippen LogP contribution in [0.1, 0.15) is 78.6 Å². The Labute approximate surface area is 247 Å². The fraction of sp³-hybridized carbons (Fsp3) is 0.906. The number of carbonyl (C=O) groups excluding carboxylic acids is 1. The van der Waals surface area contributed by atoms with E-state index in [4.69, 9.17) is 9.47 Å². The number of halogens is 1. The maximum absolute atomic E-state index is 12.5. The summed E-state index contributed by atoms with van der Waals surface area (Å²) in [6.45, 7) is 17.7. The monoisotopic (exact) mass is 608 g/mol. The van der Waals surface area contributed by atoms with Crippen LogP contribution < -0.4 is 17.0 Å². The van der Waals surface area contributed by atoms with E-state index in [1.807, 2.05) is 0 Å². The van der Waals surface area contributed by atoms with Crippen LogP contribution >= 0.6 is 0 Å². The number of ether oxygens (including phenoxy) is 2. The van der Waals surface area contributed by atoms with Crippen LogP contribution in [0.5, 0.6) is 0 Å². The van der Waals surface area contributed by atoms with Crippen molar-refractivity contribution in [2.24, 2.45) is 34.5 Å². The molecule has 6 fully saturated rings. The lowest BCUT2D eigenvalue weighted by Gasteiger charge is -2.62. The second kappa shape index (κ2) is 11.3. The second-order valence-corrected chi connectivity index (χ2v) is 14.6. The van der Waals surface area contributed by atoms with Crippen molar-refractivity contribution in [2.75, 3.05) is 45.9 Å². The Kier molecular flexibility index (Phi) is 8.70. The van der Waals surface area contributed by atoms with Gasteiger partial charge in [-0.2, -0.15) is 0 Å². The molecule has 0 amide bonds. The lowest BCUT2D eigenvalue weighted by atomic mass is 9.44. The smallest absolute Gasteiger partial charge is 0.303 e. The highest BCUT2D eigenvalue weighted by molar-refractivity contribution is 5.66. The first-order valence-electron chi connectivity index (χ1n) is 15.9. The van der Waals surface area contributed by atoms with Gasteiger partial charge in [0.05, 0.1) is 39.0 Å². The van der Waals surface area contributed by atoms with Crippen LogP contribution in [0.4, 0.5) is 0 Å². The van der Waals surface area contributed by atoms with Crippen molar-refractivity contribution in [1.29, 1.82) is 0 Å². The van der Waals surface area contributed by atoms with Gasteiger partial charge in [0.2, 0.25) is 0 Å². The fourth-order valence-electron chi connectivity index (χ4n) is 11.3. The zero-order valence-electron chi connectivity index (χ0n) is 24.7. The highest BCUT2D eigenvalue weighted by Crippen LogP contribution is 2.67. The molecular formula is C32H53BrN2O4. The van der Waals surface area contributed by atoms with Crippen LogP contribution in [0.15, 0.2) is 12.7 Å². The Morgan fingerprint density at radius 2 is 1.82 bits per heavy atom. The molecular weight excluding hydrogens is 556 g/mol. The van der Waals surface area contributed by atoms with Crippen LogP contribution in [-0.4, -0.2) is 90.7 Å². The minimum Gasteiger partial charge on any atom is -1.00 e. The van der Waals surface area contributed by atoms with E-state index >= 15 is 0 Å². The number of fused-ring (bicyclic) bond motifs is 5. The third-order valence-corrected chi connectivity index (χ3v) is 13.1. The van der Waals surface area contributed by atoms with Gasteiger partial charge in [0, 0.05) is 50.7 Å². The minimum atomic E-state index is -0.209. The summed E-state index contributed by atoms with van der Waals surface area (Å²) in [6.07, 6.45) is 12.7. The van der Waals surface area contributed by atoms with E-state index in [-0.39, 0.29) is 52.0 Å². The maximum Gasteiger partial charge on any atom is 0.303 e. The summed E-state index contributed by atoms with van der Waals surface area (Å²) in [4.78, 5) is 15.0. The summed E-state index contributed by atoms with van der Waals surface area (Å²) < 4.78 is 13.1. The SMILES string of the molecule is C=CC[N+]1([C@H]2C[C@H]3[C@@H]4CC[C@H]5C[C@H](O)[C@@H](N6CCOCC6)C[C@]5(C)[C@H]4CC[C@]3(C)[C@@H]2OC(C)=O)CCCC1.[Br-]. The lowest BCUT2D eigenvalue weighted by molar-refractivity contribution is -0.937.